The zero-order valence-electron chi connectivity index (χ0n) is 13.1. The number of hydrogen-bond donors (Lipinski definition) is 3. The summed E-state index contributed by atoms with van der Waals surface area (Å²) in [5, 5.41) is 21.4. The van der Waals surface area contributed by atoms with Crippen molar-refractivity contribution in [3.8, 4) is 17.0 Å². The van der Waals surface area contributed by atoms with Gasteiger partial charge in [-0.1, -0.05) is 12.1 Å². The Morgan fingerprint density at radius 2 is 2.08 bits per heavy atom. The first kappa shape index (κ1) is 13.9. The van der Waals surface area contributed by atoms with E-state index in [4.69, 9.17) is 5.73 Å². The van der Waals surface area contributed by atoms with E-state index >= 15 is 0 Å². The molecule has 2 heterocycles. The smallest absolute Gasteiger partial charge is 0.236 e. The van der Waals surface area contributed by atoms with E-state index < -0.39 is 5.41 Å². The summed E-state index contributed by atoms with van der Waals surface area (Å²) >= 11 is 0. The lowest BCUT2D eigenvalue weighted by Crippen LogP contribution is -2.37. The molecule has 1 aliphatic heterocycles. The standard InChI is InChI=1S/C18H18N4O2/c19-15-9-5-6-18(8-11(9)15)12-7-13(10-3-1-2-4-14(10)23)21-22-16(12)20-17(18)24/h1-4,7,9,11,15,23H,5-6,8,19H2,(H,20,22,24)/t9?,11?,15-,18?/m0/s1. The van der Waals surface area contributed by atoms with E-state index in [1.54, 1.807) is 18.2 Å². The highest BCUT2D eigenvalue weighted by Gasteiger charge is 2.60. The maximum atomic E-state index is 12.7. The van der Waals surface area contributed by atoms with E-state index in [9.17, 15) is 9.90 Å². The van der Waals surface area contributed by atoms with Crippen LogP contribution in [0.15, 0.2) is 30.3 Å². The van der Waals surface area contributed by atoms with Crippen molar-refractivity contribution < 1.29 is 9.90 Å². The molecule has 2 fully saturated rings. The SMILES string of the molecule is N[C@H]1C2CCC3(CC21)C(=O)Nc1nnc(-c2ccccc2O)cc13. The molecular formula is C18H18N4O2. The van der Waals surface area contributed by atoms with Gasteiger partial charge in [0.25, 0.3) is 0 Å². The normalized spacial score (nSPS) is 33.0. The molecule has 2 aliphatic carbocycles. The fourth-order valence-corrected chi connectivity index (χ4v) is 4.56. The minimum atomic E-state index is -0.542. The molecule has 1 aromatic carbocycles. The number of nitrogens with one attached hydrogen (secondary N) is 1. The van der Waals surface area contributed by atoms with Gasteiger partial charge >= 0.3 is 0 Å². The van der Waals surface area contributed by atoms with Gasteiger partial charge in [-0.15, -0.1) is 10.2 Å². The van der Waals surface area contributed by atoms with Gasteiger partial charge in [-0.2, -0.15) is 0 Å². The predicted molar refractivity (Wildman–Crippen MR) is 88.2 cm³/mol. The molecule has 24 heavy (non-hydrogen) atoms. The molecule has 3 aliphatic rings. The van der Waals surface area contributed by atoms with Crippen molar-refractivity contribution in [2.75, 3.05) is 5.32 Å². The van der Waals surface area contributed by atoms with Crippen molar-refractivity contribution in [2.45, 2.75) is 30.7 Å². The lowest BCUT2D eigenvalue weighted by molar-refractivity contribution is -0.122. The molecule has 2 saturated carbocycles. The van der Waals surface area contributed by atoms with Crippen LogP contribution in [-0.4, -0.2) is 27.3 Å². The molecule has 0 bridgehead atoms. The maximum absolute atomic E-state index is 12.7. The average molecular weight is 322 g/mol. The van der Waals surface area contributed by atoms with E-state index in [1.807, 2.05) is 12.1 Å². The van der Waals surface area contributed by atoms with Crippen molar-refractivity contribution in [1.29, 1.82) is 0 Å². The van der Waals surface area contributed by atoms with Crippen molar-refractivity contribution in [1.82, 2.24) is 10.2 Å². The number of rotatable bonds is 1. The summed E-state index contributed by atoms with van der Waals surface area (Å²) in [6, 6.07) is 9.17. The van der Waals surface area contributed by atoms with Crippen LogP contribution >= 0.6 is 0 Å². The van der Waals surface area contributed by atoms with Gasteiger partial charge in [-0.3, -0.25) is 4.79 Å². The van der Waals surface area contributed by atoms with Gasteiger partial charge in [0.05, 0.1) is 11.1 Å². The molecule has 1 amide bonds. The van der Waals surface area contributed by atoms with E-state index in [1.165, 1.54) is 0 Å². The number of benzene rings is 1. The number of anilines is 1. The Hall–Kier alpha value is -2.47. The maximum Gasteiger partial charge on any atom is 0.236 e. The van der Waals surface area contributed by atoms with Gasteiger partial charge < -0.3 is 16.2 Å². The fourth-order valence-electron chi connectivity index (χ4n) is 4.56. The minimum Gasteiger partial charge on any atom is -0.507 e. The third kappa shape index (κ3) is 1.72. The molecule has 122 valence electrons. The number of aromatic hydroxyl groups is 1. The molecule has 4 atom stereocenters. The Labute approximate surface area is 139 Å². The van der Waals surface area contributed by atoms with Crippen LogP contribution in [0.2, 0.25) is 0 Å². The third-order valence-electron chi connectivity index (χ3n) is 6.04. The predicted octanol–water partition coefficient (Wildman–Crippen LogP) is 1.80. The second-order valence-electron chi connectivity index (χ2n) is 7.19. The Balaban J connectivity index is 1.62. The van der Waals surface area contributed by atoms with Crippen LogP contribution in [0.25, 0.3) is 11.3 Å². The summed E-state index contributed by atoms with van der Waals surface area (Å²) in [4.78, 5) is 12.7. The Kier molecular flexibility index (Phi) is 2.63. The zero-order chi connectivity index (χ0) is 16.5. The van der Waals surface area contributed by atoms with Gasteiger partial charge in [0.15, 0.2) is 5.82 Å². The Morgan fingerprint density at radius 3 is 2.88 bits per heavy atom. The first-order valence-electron chi connectivity index (χ1n) is 8.34. The number of amides is 1. The number of nitrogens with two attached hydrogens (primary N) is 1. The van der Waals surface area contributed by atoms with Gasteiger partial charge in [-0.05, 0) is 49.3 Å². The lowest BCUT2D eigenvalue weighted by Gasteiger charge is -2.30. The molecule has 5 rings (SSSR count). The third-order valence-corrected chi connectivity index (χ3v) is 6.04. The number of carbonyl (C=O) groups is 1. The summed E-state index contributed by atoms with van der Waals surface area (Å²) in [6.45, 7) is 0. The van der Waals surface area contributed by atoms with Crippen molar-refractivity contribution in [3.05, 3.63) is 35.9 Å². The summed E-state index contributed by atoms with van der Waals surface area (Å²) in [6.07, 6.45) is 2.56. The molecule has 2 aromatic rings. The molecule has 4 N–H and O–H groups in total. The zero-order valence-corrected chi connectivity index (χ0v) is 13.1. The van der Waals surface area contributed by atoms with Crippen LogP contribution in [0.3, 0.4) is 0 Å². The number of aromatic nitrogens is 2. The number of phenolic OH excluding ortho intramolecular Hbond substituents is 1. The van der Waals surface area contributed by atoms with E-state index in [0.29, 0.717) is 28.9 Å². The second kappa shape index (κ2) is 4.54. The fraction of sp³-hybridized carbons (Fsp3) is 0.389. The first-order valence-corrected chi connectivity index (χ1v) is 8.34. The number of fused-ring (bicyclic) bond motifs is 3. The van der Waals surface area contributed by atoms with Crippen molar-refractivity contribution >= 4 is 11.7 Å². The number of phenols is 1. The monoisotopic (exact) mass is 322 g/mol. The molecule has 3 unspecified atom stereocenters. The highest BCUT2D eigenvalue weighted by Crippen LogP contribution is 2.58. The Morgan fingerprint density at radius 1 is 1.25 bits per heavy atom. The molecule has 0 radical (unpaired) electrons. The quantitative estimate of drug-likeness (QED) is 0.743. The summed E-state index contributed by atoms with van der Waals surface area (Å²) in [5.41, 5.74) is 7.71. The van der Waals surface area contributed by atoms with Gasteiger partial charge in [0, 0.05) is 17.2 Å². The second-order valence-corrected chi connectivity index (χ2v) is 7.19. The van der Waals surface area contributed by atoms with Crippen LogP contribution in [0.1, 0.15) is 24.8 Å². The van der Waals surface area contributed by atoms with Crippen LogP contribution < -0.4 is 11.1 Å². The van der Waals surface area contributed by atoms with E-state index in [0.717, 1.165) is 24.8 Å². The number of hydrogen-bond acceptors (Lipinski definition) is 5. The highest BCUT2D eigenvalue weighted by atomic mass is 16.3. The molecular weight excluding hydrogens is 304 g/mol. The van der Waals surface area contributed by atoms with Crippen LogP contribution in [0.5, 0.6) is 5.75 Å². The first-order chi connectivity index (χ1) is 11.6. The van der Waals surface area contributed by atoms with Gasteiger partial charge in [-0.25, -0.2) is 0 Å². The lowest BCUT2D eigenvalue weighted by atomic mass is 9.70. The number of nitrogens with zero attached hydrogens (tertiary/aromatic N) is 2. The molecule has 6 nitrogen and oxygen atoms in total. The van der Waals surface area contributed by atoms with Crippen LogP contribution in [0.4, 0.5) is 5.82 Å². The summed E-state index contributed by atoms with van der Waals surface area (Å²) in [7, 11) is 0. The highest BCUT2D eigenvalue weighted by molar-refractivity contribution is 6.05. The molecule has 1 aromatic heterocycles. The summed E-state index contributed by atoms with van der Waals surface area (Å²) < 4.78 is 0. The van der Waals surface area contributed by atoms with Crippen molar-refractivity contribution in [3.63, 3.8) is 0 Å². The molecule has 6 heteroatoms. The number of para-hydroxylation sites is 1. The topological polar surface area (TPSA) is 101 Å². The van der Waals surface area contributed by atoms with E-state index in [2.05, 4.69) is 15.5 Å². The van der Waals surface area contributed by atoms with Crippen molar-refractivity contribution in [2.24, 2.45) is 17.6 Å². The van der Waals surface area contributed by atoms with E-state index in [-0.39, 0.29) is 17.7 Å². The molecule has 1 spiro atoms. The van der Waals surface area contributed by atoms with Gasteiger partial charge in [0.2, 0.25) is 5.91 Å². The van der Waals surface area contributed by atoms with Gasteiger partial charge in [0.1, 0.15) is 5.75 Å². The number of carbonyl (C=O) groups excluding carboxylic acids is 1. The average Bonchev–Trinajstić information content (AvgIpc) is 3.16. The van der Waals surface area contributed by atoms with Crippen LogP contribution in [-0.2, 0) is 10.2 Å². The minimum absolute atomic E-state index is 0.0128. The Bertz CT molecular complexity index is 868. The van der Waals surface area contributed by atoms with Crippen LogP contribution in [0, 0.1) is 11.8 Å². The largest absolute Gasteiger partial charge is 0.507 e. The molecule has 0 saturated heterocycles. The summed E-state index contributed by atoms with van der Waals surface area (Å²) in [5.74, 6) is 1.72.